The van der Waals surface area contributed by atoms with Gasteiger partial charge in [-0.15, -0.1) is 0 Å². The topological polar surface area (TPSA) is 138 Å². The Morgan fingerprint density at radius 1 is 0.951 bits per heavy atom. The van der Waals surface area contributed by atoms with E-state index in [2.05, 4.69) is 44.9 Å². The molecule has 0 bridgehead atoms. The first kappa shape index (κ1) is 33.0. The van der Waals surface area contributed by atoms with E-state index in [1.54, 1.807) is 0 Å². The molecule has 41 heavy (non-hydrogen) atoms. The molecule has 10 nitrogen and oxygen atoms in total. The molecule has 0 saturated carbocycles. The van der Waals surface area contributed by atoms with Gasteiger partial charge in [-0.2, -0.15) is 26.3 Å². The minimum atomic E-state index is -5.08. The van der Waals surface area contributed by atoms with Crippen LogP contribution in [0.2, 0.25) is 0 Å². The van der Waals surface area contributed by atoms with Crippen molar-refractivity contribution >= 4 is 28.7 Å². The number of alkyl halides is 6. The summed E-state index contributed by atoms with van der Waals surface area (Å²) in [7, 11) is 0. The Labute approximate surface area is 229 Å². The van der Waals surface area contributed by atoms with Crippen molar-refractivity contribution in [3.8, 4) is 0 Å². The number of hydrogen-bond donors (Lipinski definition) is 3. The Hall–Kier alpha value is -4.21. The number of nitrogens with zero attached hydrogens (tertiary/aromatic N) is 4. The number of carboxylic acids is 2. The average molecular weight is 592 g/mol. The molecule has 3 aromatic rings. The number of halogens is 6. The Bertz CT molecular complexity index is 1350. The summed E-state index contributed by atoms with van der Waals surface area (Å²) in [6, 6.07) is 12.6. The third-order valence-electron chi connectivity index (χ3n) is 5.52. The van der Waals surface area contributed by atoms with Crippen LogP contribution < -0.4 is 5.32 Å². The lowest BCUT2D eigenvalue weighted by Gasteiger charge is -2.33. The van der Waals surface area contributed by atoms with E-state index in [1.807, 2.05) is 38.2 Å². The fraction of sp³-hybridized carbons (Fsp3) is 0.400. The van der Waals surface area contributed by atoms with E-state index in [9.17, 15) is 31.1 Å². The number of benzene rings is 1. The number of pyridine rings is 1. The van der Waals surface area contributed by atoms with Crippen molar-refractivity contribution in [2.75, 3.05) is 6.54 Å². The van der Waals surface area contributed by atoms with Gasteiger partial charge in [-0.1, -0.05) is 24.3 Å². The van der Waals surface area contributed by atoms with Gasteiger partial charge in [0.05, 0.1) is 17.3 Å². The third kappa shape index (κ3) is 9.73. The smallest absolute Gasteiger partial charge is 0.475 e. The molecule has 1 unspecified atom stereocenters. The van der Waals surface area contributed by atoms with E-state index >= 15 is 0 Å². The molecular formula is C25H27F6N5O5. The van der Waals surface area contributed by atoms with E-state index in [0.29, 0.717) is 5.69 Å². The van der Waals surface area contributed by atoms with Crippen LogP contribution in [-0.2, 0) is 22.7 Å². The second-order valence-electron chi connectivity index (χ2n) is 9.05. The standard InChI is InChI=1S/C21H25N5O.2C2HF3O2/c1-14(2)22-21(27)19-13-26-11-10-25(15(3)20(26)24-19)12-17-9-8-16-6-4-5-7-18(16)23-17;2*3-2(4,5)1(6)7/h4-9,13-15H,10-12H2,1-3H3,(H,22,27);2*(H,6,7). The van der Waals surface area contributed by atoms with Crippen molar-refractivity contribution in [2.45, 2.75) is 58.3 Å². The van der Waals surface area contributed by atoms with Crippen LogP contribution in [0.15, 0.2) is 42.6 Å². The number of fused-ring (bicyclic) bond motifs is 2. The number of amides is 1. The van der Waals surface area contributed by atoms with Crippen LogP contribution >= 0.6 is 0 Å². The molecule has 16 heteroatoms. The summed E-state index contributed by atoms with van der Waals surface area (Å²) >= 11 is 0. The molecule has 3 heterocycles. The lowest BCUT2D eigenvalue weighted by Crippen LogP contribution is -2.36. The highest BCUT2D eigenvalue weighted by molar-refractivity contribution is 5.92. The molecule has 0 fully saturated rings. The van der Waals surface area contributed by atoms with E-state index in [1.165, 1.54) is 0 Å². The minimum Gasteiger partial charge on any atom is -0.475 e. The molecule has 1 amide bonds. The molecule has 4 rings (SSSR count). The van der Waals surface area contributed by atoms with Crippen LogP contribution in [0.4, 0.5) is 26.3 Å². The van der Waals surface area contributed by atoms with Gasteiger partial charge in [-0.05, 0) is 32.9 Å². The van der Waals surface area contributed by atoms with Gasteiger partial charge >= 0.3 is 24.3 Å². The molecule has 0 radical (unpaired) electrons. The maximum Gasteiger partial charge on any atom is 0.490 e. The van der Waals surface area contributed by atoms with Gasteiger partial charge in [-0.3, -0.25) is 14.7 Å². The SMILES string of the molecule is CC(C)NC(=O)c1cn2c(n1)C(C)N(Cc1ccc3ccccc3n1)CC2.O=C(O)C(F)(F)F.O=C(O)C(F)(F)F. The number of carbonyl (C=O) groups excluding carboxylic acids is 1. The number of nitrogens with one attached hydrogen (secondary N) is 1. The number of carbonyl (C=O) groups is 3. The summed E-state index contributed by atoms with van der Waals surface area (Å²) in [5.74, 6) is -4.68. The Kier molecular flexibility index (Phi) is 10.8. The highest BCUT2D eigenvalue weighted by Gasteiger charge is 2.39. The fourth-order valence-electron chi connectivity index (χ4n) is 3.60. The van der Waals surface area contributed by atoms with Crippen LogP contribution in [0.25, 0.3) is 10.9 Å². The summed E-state index contributed by atoms with van der Waals surface area (Å²) in [4.78, 5) is 41.8. The molecule has 0 aliphatic carbocycles. The number of para-hydroxylation sites is 1. The van der Waals surface area contributed by atoms with Gasteiger partial charge in [0.15, 0.2) is 0 Å². The van der Waals surface area contributed by atoms with Gasteiger partial charge in [0.2, 0.25) is 0 Å². The number of aliphatic carboxylic acids is 2. The van der Waals surface area contributed by atoms with Crippen molar-refractivity contribution in [1.82, 2.24) is 24.8 Å². The Balaban J connectivity index is 0.000000349. The van der Waals surface area contributed by atoms with Crippen LogP contribution in [0.1, 0.15) is 48.8 Å². The summed E-state index contributed by atoms with van der Waals surface area (Å²) in [6.45, 7) is 8.55. The van der Waals surface area contributed by atoms with Gasteiger partial charge in [-0.25, -0.2) is 14.6 Å². The van der Waals surface area contributed by atoms with Crippen molar-refractivity contribution < 1.29 is 50.9 Å². The normalized spacial score (nSPS) is 15.2. The van der Waals surface area contributed by atoms with Gasteiger partial charge in [0.1, 0.15) is 11.5 Å². The third-order valence-corrected chi connectivity index (χ3v) is 5.52. The molecule has 1 atom stereocenters. The Morgan fingerprint density at radius 2 is 1.51 bits per heavy atom. The van der Waals surface area contributed by atoms with Crippen LogP contribution in [0, 0.1) is 0 Å². The first-order valence-corrected chi connectivity index (χ1v) is 12.0. The molecule has 3 N–H and O–H groups in total. The largest absolute Gasteiger partial charge is 0.490 e. The molecule has 0 saturated heterocycles. The molecule has 2 aromatic heterocycles. The molecule has 1 aliphatic rings. The number of aromatic nitrogens is 3. The quantitative estimate of drug-likeness (QED) is 0.380. The number of carboxylic acid groups (broad SMARTS) is 2. The maximum atomic E-state index is 12.3. The first-order chi connectivity index (χ1) is 18.9. The Morgan fingerprint density at radius 3 is 2.05 bits per heavy atom. The zero-order valence-electron chi connectivity index (χ0n) is 22.0. The molecule has 0 spiro atoms. The van der Waals surface area contributed by atoms with E-state index in [4.69, 9.17) is 24.8 Å². The van der Waals surface area contributed by atoms with Crippen molar-refractivity contribution in [3.05, 3.63) is 59.8 Å². The summed E-state index contributed by atoms with van der Waals surface area (Å²) in [6.07, 6.45) is -8.30. The zero-order chi connectivity index (χ0) is 31.1. The average Bonchev–Trinajstić information content (AvgIpc) is 3.30. The van der Waals surface area contributed by atoms with Crippen LogP contribution in [0.5, 0.6) is 0 Å². The maximum absolute atomic E-state index is 12.3. The highest BCUT2D eigenvalue weighted by atomic mass is 19.4. The van der Waals surface area contributed by atoms with Gasteiger partial charge in [0, 0.05) is 37.3 Å². The number of imidazole rings is 1. The van der Waals surface area contributed by atoms with Crippen LogP contribution in [-0.4, -0.2) is 72.4 Å². The lowest BCUT2D eigenvalue weighted by atomic mass is 10.1. The van der Waals surface area contributed by atoms with Gasteiger partial charge in [0.25, 0.3) is 5.91 Å². The van der Waals surface area contributed by atoms with E-state index in [-0.39, 0.29) is 18.0 Å². The second kappa shape index (κ2) is 13.4. The first-order valence-electron chi connectivity index (χ1n) is 12.0. The van der Waals surface area contributed by atoms with Crippen LogP contribution in [0.3, 0.4) is 0 Å². The van der Waals surface area contributed by atoms with Crippen molar-refractivity contribution in [2.24, 2.45) is 0 Å². The highest BCUT2D eigenvalue weighted by Crippen LogP contribution is 2.26. The summed E-state index contributed by atoms with van der Waals surface area (Å²) in [5, 5.41) is 18.3. The summed E-state index contributed by atoms with van der Waals surface area (Å²) < 4.78 is 65.6. The number of hydrogen-bond acceptors (Lipinski definition) is 6. The molecule has 224 valence electrons. The predicted octanol–water partition coefficient (Wildman–Crippen LogP) is 4.41. The zero-order valence-corrected chi connectivity index (χ0v) is 22.0. The minimum absolute atomic E-state index is 0.101. The monoisotopic (exact) mass is 591 g/mol. The molecule has 1 aliphatic heterocycles. The number of rotatable bonds is 4. The van der Waals surface area contributed by atoms with E-state index < -0.39 is 24.3 Å². The molecular weight excluding hydrogens is 564 g/mol. The predicted molar refractivity (Wildman–Crippen MR) is 133 cm³/mol. The second-order valence-corrected chi connectivity index (χ2v) is 9.05. The van der Waals surface area contributed by atoms with Gasteiger partial charge < -0.3 is 20.1 Å². The summed E-state index contributed by atoms with van der Waals surface area (Å²) in [5.41, 5.74) is 2.57. The lowest BCUT2D eigenvalue weighted by molar-refractivity contribution is -0.193. The van der Waals surface area contributed by atoms with E-state index in [0.717, 1.165) is 42.1 Å². The van der Waals surface area contributed by atoms with Crippen molar-refractivity contribution in [1.29, 1.82) is 0 Å². The molecule has 1 aromatic carbocycles. The fourth-order valence-corrected chi connectivity index (χ4v) is 3.60. The van der Waals surface area contributed by atoms with Crippen molar-refractivity contribution in [3.63, 3.8) is 0 Å².